The van der Waals surface area contributed by atoms with Crippen LogP contribution in [0.4, 0.5) is 11.9 Å². The normalized spacial score (nSPS) is 17.1. The van der Waals surface area contributed by atoms with Crippen LogP contribution in [0.3, 0.4) is 0 Å². The number of aromatic nitrogens is 6. The minimum absolute atomic E-state index is 0.284. The molecule has 11 nitrogen and oxygen atoms in total. The molecule has 30 heavy (non-hydrogen) atoms. The third-order valence-corrected chi connectivity index (χ3v) is 6.10. The van der Waals surface area contributed by atoms with Crippen LogP contribution in [0.25, 0.3) is 11.2 Å². The standard InChI is InChI=1S/C19H25N9O2/c1-23-15-14(16(29)24(2)19(23)30)28-13-12-27(18(28)22-15)11-8-25-6-9-26(10-7-25)17-20-4-3-5-21-17/h3-5H,6-13H2,1-2H3. The number of nitrogens with zero attached hydrogens (tertiary/aromatic N) is 9. The van der Waals surface area contributed by atoms with E-state index in [1.165, 1.54) is 11.6 Å². The van der Waals surface area contributed by atoms with Crippen LogP contribution in [0.15, 0.2) is 28.0 Å². The van der Waals surface area contributed by atoms with Crippen molar-refractivity contribution in [1.82, 2.24) is 33.6 Å². The van der Waals surface area contributed by atoms with Gasteiger partial charge in [0.2, 0.25) is 11.9 Å². The summed E-state index contributed by atoms with van der Waals surface area (Å²) in [6.45, 7) is 7.00. The molecule has 0 N–H and O–H groups in total. The van der Waals surface area contributed by atoms with Crippen LogP contribution in [0, 0.1) is 0 Å². The van der Waals surface area contributed by atoms with E-state index < -0.39 is 0 Å². The highest BCUT2D eigenvalue weighted by Gasteiger charge is 2.28. The Hall–Kier alpha value is -3.21. The van der Waals surface area contributed by atoms with Gasteiger partial charge in [0.25, 0.3) is 5.56 Å². The predicted molar refractivity (Wildman–Crippen MR) is 113 cm³/mol. The first-order valence-electron chi connectivity index (χ1n) is 10.2. The van der Waals surface area contributed by atoms with Crippen LogP contribution in [0.1, 0.15) is 0 Å². The summed E-state index contributed by atoms with van der Waals surface area (Å²) in [4.78, 5) is 45.0. The third kappa shape index (κ3) is 2.96. The van der Waals surface area contributed by atoms with E-state index in [1.54, 1.807) is 19.4 Å². The van der Waals surface area contributed by atoms with E-state index in [4.69, 9.17) is 0 Å². The number of rotatable bonds is 4. The lowest BCUT2D eigenvalue weighted by atomic mass is 10.3. The summed E-state index contributed by atoms with van der Waals surface area (Å²) in [5.41, 5.74) is 0.330. The quantitative estimate of drug-likeness (QED) is 0.532. The molecule has 0 atom stereocenters. The van der Waals surface area contributed by atoms with E-state index in [-0.39, 0.29) is 11.2 Å². The Kier molecular flexibility index (Phi) is 4.54. The van der Waals surface area contributed by atoms with Crippen molar-refractivity contribution in [1.29, 1.82) is 0 Å². The smallest absolute Gasteiger partial charge is 0.332 e. The van der Waals surface area contributed by atoms with Crippen molar-refractivity contribution in [3.63, 3.8) is 0 Å². The average Bonchev–Trinajstić information content (AvgIpc) is 3.35. The zero-order valence-electron chi connectivity index (χ0n) is 17.2. The molecule has 3 aromatic rings. The number of fused-ring (bicyclic) bond motifs is 3. The van der Waals surface area contributed by atoms with Gasteiger partial charge in [-0.05, 0) is 6.07 Å². The molecular formula is C19H25N9O2. The summed E-state index contributed by atoms with van der Waals surface area (Å²) in [5.74, 6) is 1.57. The van der Waals surface area contributed by atoms with Crippen molar-refractivity contribution >= 4 is 23.1 Å². The molecule has 0 bridgehead atoms. The molecule has 0 amide bonds. The monoisotopic (exact) mass is 411 g/mol. The lowest BCUT2D eigenvalue weighted by molar-refractivity contribution is 0.262. The molecule has 1 saturated heterocycles. The van der Waals surface area contributed by atoms with Gasteiger partial charge >= 0.3 is 5.69 Å². The summed E-state index contributed by atoms with van der Waals surface area (Å²) in [6.07, 6.45) is 3.55. The molecule has 2 aliphatic heterocycles. The molecule has 0 unspecified atom stereocenters. The number of piperazine rings is 1. The van der Waals surface area contributed by atoms with E-state index >= 15 is 0 Å². The fraction of sp³-hybridized carbons (Fsp3) is 0.526. The SMILES string of the molecule is Cn1c(=O)c2c(nc3n2CCN3CCN2CCN(c3ncccn3)CC2)n(C)c1=O. The summed E-state index contributed by atoms with van der Waals surface area (Å²) in [6, 6.07) is 1.83. The zero-order chi connectivity index (χ0) is 20.8. The van der Waals surface area contributed by atoms with Gasteiger partial charge in [-0.25, -0.2) is 14.8 Å². The first-order valence-corrected chi connectivity index (χ1v) is 10.2. The van der Waals surface area contributed by atoms with Gasteiger partial charge in [-0.1, -0.05) is 0 Å². The van der Waals surface area contributed by atoms with Crippen molar-refractivity contribution in [2.24, 2.45) is 14.1 Å². The van der Waals surface area contributed by atoms with Crippen LogP contribution in [-0.4, -0.2) is 79.4 Å². The minimum Gasteiger partial charge on any atom is -0.339 e. The van der Waals surface area contributed by atoms with Gasteiger partial charge in [0.15, 0.2) is 11.2 Å². The molecule has 0 spiro atoms. The molecule has 0 aliphatic carbocycles. The lowest BCUT2D eigenvalue weighted by Gasteiger charge is -2.35. The highest BCUT2D eigenvalue weighted by molar-refractivity contribution is 5.75. The largest absolute Gasteiger partial charge is 0.339 e. The topological polar surface area (TPSA) is 97.3 Å². The van der Waals surface area contributed by atoms with Gasteiger partial charge in [0, 0.05) is 78.8 Å². The summed E-state index contributed by atoms with van der Waals surface area (Å²) in [7, 11) is 3.17. The Morgan fingerprint density at radius 3 is 2.37 bits per heavy atom. The Labute approximate surface area is 172 Å². The highest BCUT2D eigenvalue weighted by atomic mass is 16.2. The van der Waals surface area contributed by atoms with Gasteiger partial charge in [0.05, 0.1) is 0 Å². The van der Waals surface area contributed by atoms with Gasteiger partial charge in [-0.2, -0.15) is 4.98 Å². The molecule has 5 heterocycles. The summed E-state index contributed by atoms with van der Waals surface area (Å²) < 4.78 is 4.54. The molecule has 0 saturated carbocycles. The maximum Gasteiger partial charge on any atom is 0.332 e. The Balaban J connectivity index is 1.28. The van der Waals surface area contributed by atoms with Crippen LogP contribution >= 0.6 is 0 Å². The van der Waals surface area contributed by atoms with E-state index in [1.807, 2.05) is 10.6 Å². The van der Waals surface area contributed by atoms with Gasteiger partial charge < -0.3 is 14.4 Å². The predicted octanol–water partition coefficient (Wildman–Crippen LogP) is -1.13. The Morgan fingerprint density at radius 1 is 0.900 bits per heavy atom. The second-order valence-corrected chi connectivity index (χ2v) is 7.81. The Bertz CT molecular complexity index is 1190. The van der Waals surface area contributed by atoms with Crippen molar-refractivity contribution < 1.29 is 0 Å². The fourth-order valence-corrected chi connectivity index (χ4v) is 4.31. The molecule has 0 radical (unpaired) electrons. The number of hydrogen-bond acceptors (Lipinski definition) is 8. The highest BCUT2D eigenvalue weighted by Crippen LogP contribution is 2.24. The second kappa shape index (κ2) is 7.24. The fourth-order valence-electron chi connectivity index (χ4n) is 4.31. The van der Waals surface area contributed by atoms with Crippen LogP contribution in [-0.2, 0) is 20.6 Å². The van der Waals surface area contributed by atoms with Crippen LogP contribution < -0.4 is 21.0 Å². The van der Waals surface area contributed by atoms with E-state index in [9.17, 15) is 9.59 Å². The van der Waals surface area contributed by atoms with E-state index in [0.717, 1.165) is 62.3 Å². The molecule has 3 aromatic heterocycles. The Morgan fingerprint density at radius 2 is 1.63 bits per heavy atom. The first kappa shape index (κ1) is 18.8. The molecule has 5 rings (SSSR count). The van der Waals surface area contributed by atoms with Crippen molar-refractivity contribution in [2.45, 2.75) is 6.54 Å². The molecule has 0 aromatic carbocycles. The number of anilines is 2. The number of aryl methyl sites for hydroxylation is 1. The molecule has 1 fully saturated rings. The maximum absolute atomic E-state index is 12.6. The van der Waals surface area contributed by atoms with Crippen molar-refractivity contribution in [2.75, 3.05) is 55.6 Å². The third-order valence-electron chi connectivity index (χ3n) is 6.10. The summed E-state index contributed by atoms with van der Waals surface area (Å²) in [5, 5.41) is 0. The van der Waals surface area contributed by atoms with Gasteiger partial charge in [-0.15, -0.1) is 0 Å². The minimum atomic E-state index is -0.351. The van der Waals surface area contributed by atoms with E-state index in [0.29, 0.717) is 17.7 Å². The van der Waals surface area contributed by atoms with Crippen molar-refractivity contribution in [3.8, 4) is 0 Å². The molecule has 2 aliphatic rings. The average molecular weight is 411 g/mol. The summed E-state index contributed by atoms with van der Waals surface area (Å²) >= 11 is 0. The molecular weight excluding hydrogens is 386 g/mol. The van der Waals surface area contributed by atoms with Crippen LogP contribution in [0.5, 0.6) is 0 Å². The lowest BCUT2D eigenvalue weighted by Crippen LogP contribution is -2.49. The molecule has 11 heteroatoms. The maximum atomic E-state index is 12.6. The van der Waals surface area contributed by atoms with E-state index in [2.05, 4.69) is 29.7 Å². The van der Waals surface area contributed by atoms with Crippen molar-refractivity contribution in [3.05, 3.63) is 39.3 Å². The second-order valence-electron chi connectivity index (χ2n) is 7.81. The number of hydrogen-bond donors (Lipinski definition) is 0. The van der Waals surface area contributed by atoms with Gasteiger partial charge in [0.1, 0.15) is 0 Å². The molecule has 158 valence electrons. The zero-order valence-corrected chi connectivity index (χ0v) is 17.2. The first-order chi connectivity index (χ1) is 14.5. The van der Waals surface area contributed by atoms with Crippen LogP contribution in [0.2, 0.25) is 0 Å². The number of imidazole rings is 1. The van der Waals surface area contributed by atoms with Gasteiger partial charge in [-0.3, -0.25) is 18.8 Å².